The first-order chi connectivity index (χ1) is 7.99. The van der Waals surface area contributed by atoms with Gasteiger partial charge in [0.05, 0.1) is 24.1 Å². The monoisotopic (exact) mass is 250 g/mol. The van der Waals surface area contributed by atoms with Crippen molar-refractivity contribution in [2.75, 3.05) is 13.1 Å². The van der Waals surface area contributed by atoms with Gasteiger partial charge in [0.2, 0.25) is 0 Å². The smallest absolute Gasteiger partial charge is 0.306 e. The van der Waals surface area contributed by atoms with Crippen molar-refractivity contribution in [3.05, 3.63) is 22.5 Å². The Kier molecular flexibility index (Phi) is 4.91. The number of aliphatic hydroxyl groups is 1. The fraction of sp³-hybridized carbons (Fsp3) is 0.625. The quantitative estimate of drug-likeness (QED) is 0.525. The lowest BCUT2D eigenvalue weighted by Crippen LogP contribution is -2.33. The molecule has 1 aromatic heterocycles. The SMILES string of the molecule is O=[N+]([O-])c1cnn(CC(O)CNCC(F)F)c1. The van der Waals surface area contributed by atoms with Gasteiger partial charge in [0.1, 0.15) is 12.4 Å². The summed E-state index contributed by atoms with van der Waals surface area (Å²) in [7, 11) is 0. The number of rotatable bonds is 7. The fourth-order valence-electron chi connectivity index (χ4n) is 1.19. The van der Waals surface area contributed by atoms with Crippen molar-refractivity contribution in [2.45, 2.75) is 19.1 Å². The average molecular weight is 250 g/mol. The molecule has 1 rings (SSSR count). The molecule has 0 radical (unpaired) electrons. The van der Waals surface area contributed by atoms with Gasteiger partial charge in [-0.3, -0.25) is 14.8 Å². The molecule has 9 heteroatoms. The molecule has 1 aromatic rings. The van der Waals surface area contributed by atoms with Gasteiger partial charge in [-0.25, -0.2) is 8.78 Å². The minimum absolute atomic E-state index is 0.00405. The Bertz CT molecular complexity index is 371. The van der Waals surface area contributed by atoms with Crippen molar-refractivity contribution in [2.24, 2.45) is 0 Å². The summed E-state index contributed by atoms with van der Waals surface area (Å²) in [5.74, 6) is 0. The van der Waals surface area contributed by atoms with Crippen LogP contribution in [0.1, 0.15) is 0 Å². The van der Waals surface area contributed by atoms with Crippen LogP contribution in [0.5, 0.6) is 0 Å². The lowest BCUT2D eigenvalue weighted by molar-refractivity contribution is -0.385. The molecular formula is C8H12F2N4O3. The van der Waals surface area contributed by atoms with E-state index in [-0.39, 0.29) is 18.8 Å². The van der Waals surface area contributed by atoms with E-state index in [9.17, 15) is 24.0 Å². The first kappa shape index (κ1) is 13.5. The third kappa shape index (κ3) is 4.83. The minimum Gasteiger partial charge on any atom is -0.390 e. The Morgan fingerprint density at radius 1 is 1.59 bits per heavy atom. The Balaban J connectivity index is 2.34. The molecule has 0 fully saturated rings. The van der Waals surface area contributed by atoms with Gasteiger partial charge < -0.3 is 10.4 Å². The molecule has 0 bridgehead atoms. The standard InChI is InChI=1S/C8H12F2N4O3/c9-8(10)3-11-2-7(15)5-13-4-6(1-12-13)14(16)17/h1,4,7-8,11,15H,2-3,5H2. The molecule has 1 atom stereocenters. The molecule has 2 N–H and O–H groups in total. The van der Waals surface area contributed by atoms with Gasteiger partial charge in [0, 0.05) is 6.54 Å². The van der Waals surface area contributed by atoms with E-state index >= 15 is 0 Å². The second kappa shape index (κ2) is 6.21. The number of hydrogen-bond acceptors (Lipinski definition) is 5. The average Bonchev–Trinajstić information content (AvgIpc) is 2.65. The molecule has 1 unspecified atom stereocenters. The molecule has 0 amide bonds. The number of aromatic nitrogens is 2. The molecule has 0 aliphatic rings. The Morgan fingerprint density at radius 2 is 2.29 bits per heavy atom. The number of alkyl halides is 2. The minimum atomic E-state index is -2.48. The zero-order chi connectivity index (χ0) is 12.8. The third-order valence-electron chi connectivity index (χ3n) is 1.91. The summed E-state index contributed by atoms with van der Waals surface area (Å²) in [6, 6.07) is 0. The summed E-state index contributed by atoms with van der Waals surface area (Å²) in [6.45, 7) is -0.529. The van der Waals surface area contributed by atoms with Crippen LogP contribution >= 0.6 is 0 Å². The van der Waals surface area contributed by atoms with Crippen LogP contribution in [0.15, 0.2) is 12.4 Å². The Hall–Kier alpha value is -1.61. The predicted octanol–water partition coefficient (Wildman–Crippen LogP) is 0.00690. The highest BCUT2D eigenvalue weighted by Crippen LogP contribution is 2.07. The van der Waals surface area contributed by atoms with Crippen molar-refractivity contribution in [1.82, 2.24) is 15.1 Å². The number of nitro groups is 1. The predicted molar refractivity (Wildman–Crippen MR) is 53.8 cm³/mol. The second-order valence-corrected chi connectivity index (χ2v) is 3.38. The van der Waals surface area contributed by atoms with Crippen LogP contribution in [-0.2, 0) is 6.54 Å². The molecule has 7 nitrogen and oxygen atoms in total. The van der Waals surface area contributed by atoms with Crippen molar-refractivity contribution in [3.8, 4) is 0 Å². The van der Waals surface area contributed by atoms with E-state index in [0.717, 1.165) is 12.4 Å². The van der Waals surface area contributed by atoms with E-state index in [1.807, 2.05) is 0 Å². The summed E-state index contributed by atoms with van der Waals surface area (Å²) in [5.41, 5.74) is -0.183. The van der Waals surface area contributed by atoms with E-state index in [0.29, 0.717) is 0 Å². The molecule has 0 spiro atoms. The van der Waals surface area contributed by atoms with Crippen molar-refractivity contribution in [3.63, 3.8) is 0 Å². The molecule has 17 heavy (non-hydrogen) atoms. The summed E-state index contributed by atoms with van der Waals surface area (Å²) in [4.78, 5) is 9.73. The van der Waals surface area contributed by atoms with E-state index in [4.69, 9.17) is 0 Å². The maximum Gasteiger partial charge on any atom is 0.306 e. The van der Waals surface area contributed by atoms with Gasteiger partial charge in [-0.2, -0.15) is 5.10 Å². The van der Waals surface area contributed by atoms with E-state index < -0.39 is 24.0 Å². The molecule has 0 aliphatic carbocycles. The van der Waals surface area contributed by atoms with Crippen molar-refractivity contribution < 1.29 is 18.8 Å². The highest BCUT2D eigenvalue weighted by atomic mass is 19.3. The van der Waals surface area contributed by atoms with Crippen molar-refractivity contribution >= 4 is 5.69 Å². The van der Waals surface area contributed by atoms with E-state index in [1.165, 1.54) is 4.68 Å². The number of aliphatic hydroxyl groups excluding tert-OH is 1. The zero-order valence-electron chi connectivity index (χ0n) is 8.79. The van der Waals surface area contributed by atoms with Gasteiger partial charge in [0.15, 0.2) is 0 Å². The van der Waals surface area contributed by atoms with Gasteiger partial charge in [0.25, 0.3) is 6.43 Å². The lowest BCUT2D eigenvalue weighted by Gasteiger charge is -2.11. The van der Waals surface area contributed by atoms with Crippen LogP contribution in [-0.4, -0.2) is 45.4 Å². The van der Waals surface area contributed by atoms with Crippen molar-refractivity contribution in [1.29, 1.82) is 0 Å². The summed E-state index contributed by atoms with van der Waals surface area (Å²) < 4.78 is 24.7. The fourth-order valence-corrected chi connectivity index (χ4v) is 1.19. The second-order valence-electron chi connectivity index (χ2n) is 3.38. The maximum absolute atomic E-state index is 11.8. The molecule has 96 valence electrons. The molecular weight excluding hydrogens is 238 g/mol. The number of nitrogens with zero attached hydrogens (tertiary/aromatic N) is 3. The van der Waals surface area contributed by atoms with Crippen LogP contribution in [0.3, 0.4) is 0 Å². The maximum atomic E-state index is 11.8. The Morgan fingerprint density at radius 3 is 2.82 bits per heavy atom. The van der Waals surface area contributed by atoms with Gasteiger partial charge in [-0.05, 0) is 0 Å². The van der Waals surface area contributed by atoms with E-state index in [1.54, 1.807) is 0 Å². The van der Waals surface area contributed by atoms with Crippen LogP contribution in [0.2, 0.25) is 0 Å². The highest BCUT2D eigenvalue weighted by Gasteiger charge is 2.12. The molecule has 0 aliphatic heterocycles. The van der Waals surface area contributed by atoms with Crippen LogP contribution in [0.25, 0.3) is 0 Å². The lowest BCUT2D eigenvalue weighted by atomic mass is 10.3. The molecule has 1 heterocycles. The molecule has 0 saturated heterocycles. The number of nitrogens with one attached hydrogen (secondary N) is 1. The summed E-state index contributed by atoms with van der Waals surface area (Å²) in [5, 5.41) is 25.8. The third-order valence-corrected chi connectivity index (χ3v) is 1.91. The topological polar surface area (TPSA) is 93.2 Å². The van der Waals surface area contributed by atoms with Crippen LogP contribution < -0.4 is 5.32 Å². The Labute approximate surface area is 95.2 Å². The molecule has 0 saturated carbocycles. The summed E-state index contributed by atoms with van der Waals surface area (Å²) in [6.07, 6.45) is -1.20. The normalized spacial score (nSPS) is 12.9. The molecule has 0 aromatic carbocycles. The zero-order valence-corrected chi connectivity index (χ0v) is 8.79. The highest BCUT2D eigenvalue weighted by molar-refractivity contribution is 5.20. The van der Waals surface area contributed by atoms with Gasteiger partial charge in [-0.1, -0.05) is 0 Å². The van der Waals surface area contributed by atoms with Crippen LogP contribution in [0, 0.1) is 10.1 Å². The number of halogens is 2. The van der Waals surface area contributed by atoms with Crippen LogP contribution in [0.4, 0.5) is 14.5 Å². The first-order valence-corrected chi connectivity index (χ1v) is 4.83. The van der Waals surface area contributed by atoms with Gasteiger partial charge in [-0.15, -0.1) is 0 Å². The largest absolute Gasteiger partial charge is 0.390 e. The number of hydrogen-bond donors (Lipinski definition) is 2. The summed E-state index contributed by atoms with van der Waals surface area (Å²) >= 11 is 0. The first-order valence-electron chi connectivity index (χ1n) is 4.83. The van der Waals surface area contributed by atoms with E-state index in [2.05, 4.69) is 10.4 Å². The van der Waals surface area contributed by atoms with Gasteiger partial charge >= 0.3 is 5.69 Å².